The first kappa shape index (κ1) is 13.5. The number of amides is 1. The summed E-state index contributed by atoms with van der Waals surface area (Å²) in [4.78, 5) is 11.8. The number of hydrogen-bond acceptors (Lipinski definition) is 4. The summed E-state index contributed by atoms with van der Waals surface area (Å²) in [7, 11) is 0. The molecule has 2 rings (SSSR count). The molecule has 0 spiro atoms. The Morgan fingerprint density at radius 3 is 3.00 bits per heavy atom. The number of benzene rings is 1. The summed E-state index contributed by atoms with van der Waals surface area (Å²) in [6.45, 7) is 2.38. The van der Waals surface area contributed by atoms with E-state index in [-0.39, 0.29) is 5.91 Å². The second kappa shape index (κ2) is 5.83. The predicted molar refractivity (Wildman–Crippen MR) is 76.6 cm³/mol. The molecule has 19 heavy (non-hydrogen) atoms. The summed E-state index contributed by atoms with van der Waals surface area (Å²) in [5.41, 5.74) is 8.05. The van der Waals surface area contributed by atoms with Gasteiger partial charge in [0.05, 0.1) is 24.1 Å². The summed E-state index contributed by atoms with van der Waals surface area (Å²) in [6, 6.07) is 3.69. The fraction of sp³-hybridized carbons (Fsp3) is 0.250. The minimum absolute atomic E-state index is 0.111. The molecule has 1 aromatic heterocycles. The number of carbonyl (C=O) groups is 1. The number of rotatable bonds is 4. The van der Waals surface area contributed by atoms with Gasteiger partial charge in [0.1, 0.15) is 0 Å². The van der Waals surface area contributed by atoms with Crippen LogP contribution in [0.1, 0.15) is 12.0 Å². The predicted octanol–water partition coefficient (Wildman–Crippen LogP) is 1.96. The average molecular weight is 324 g/mol. The quantitative estimate of drug-likeness (QED) is 0.842. The molecule has 0 saturated carbocycles. The van der Waals surface area contributed by atoms with E-state index in [1.807, 2.05) is 13.0 Å². The van der Waals surface area contributed by atoms with E-state index < -0.39 is 0 Å². The van der Waals surface area contributed by atoms with Crippen molar-refractivity contribution in [3.8, 4) is 0 Å². The molecule has 0 bridgehead atoms. The Morgan fingerprint density at radius 1 is 1.53 bits per heavy atom. The summed E-state index contributed by atoms with van der Waals surface area (Å²) in [5, 5.41) is 10.3. The lowest BCUT2D eigenvalue weighted by molar-refractivity contribution is -0.116. The SMILES string of the molecule is Cc1cc(Br)cc(NC(=O)CCn2ccnn2)c1N. The molecule has 0 saturated heterocycles. The number of aryl methyl sites for hydroxylation is 2. The normalized spacial score (nSPS) is 10.4. The molecule has 1 amide bonds. The van der Waals surface area contributed by atoms with Crippen LogP contribution in [0.4, 0.5) is 11.4 Å². The van der Waals surface area contributed by atoms with Crippen molar-refractivity contribution >= 4 is 33.2 Å². The van der Waals surface area contributed by atoms with Crippen molar-refractivity contribution in [3.05, 3.63) is 34.6 Å². The second-order valence-electron chi connectivity index (χ2n) is 4.15. The van der Waals surface area contributed by atoms with Gasteiger partial charge >= 0.3 is 0 Å². The number of nitrogen functional groups attached to an aromatic ring is 1. The zero-order valence-electron chi connectivity index (χ0n) is 10.4. The standard InChI is InChI=1S/C12H14BrN5O/c1-8-6-9(13)7-10(12(8)14)16-11(19)2-4-18-5-3-15-17-18/h3,5-7H,2,4,14H2,1H3,(H,16,19). The molecule has 0 fully saturated rings. The fourth-order valence-corrected chi connectivity index (χ4v) is 2.21. The van der Waals surface area contributed by atoms with E-state index in [0.717, 1.165) is 10.0 Å². The van der Waals surface area contributed by atoms with Gasteiger partial charge < -0.3 is 11.1 Å². The van der Waals surface area contributed by atoms with E-state index in [1.165, 1.54) is 0 Å². The molecule has 100 valence electrons. The van der Waals surface area contributed by atoms with Gasteiger partial charge in [-0.1, -0.05) is 21.1 Å². The Balaban J connectivity index is 1.99. The minimum Gasteiger partial charge on any atom is -0.397 e. The Labute approximate surface area is 119 Å². The lowest BCUT2D eigenvalue weighted by Gasteiger charge is -2.11. The van der Waals surface area contributed by atoms with Gasteiger partial charge in [-0.3, -0.25) is 9.48 Å². The molecule has 0 aliphatic carbocycles. The van der Waals surface area contributed by atoms with Crippen LogP contribution >= 0.6 is 15.9 Å². The molecule has 0 unspecified atom stereocenters. The number of halogens is 1. The zero-order chi connectivity index (χ0) is 13.8. The molecule has 0 aliphatic heterocycles. The first-order valence-corrected chi connectivity index (χ1v) is 6.55. The second-order valence-corrected chi connectivity index (χ2v) is 5.06. The van der Waals surface area contributed by atoms with E-state index in [4.69, 9.17) is 5.73 Å². The zero-order valence-corrected chi connectivity index (χ0v) is 12.0. The number of nitrogens with one attached hydrogen (secondary N) is 1. The van der Waals surface area contributed by atoms with Gasteiger partial charge in [0, 0.05) is 17.1 Å². The molecule has 6 nitrogen and oxygen atoms in total. The lowest BCUT2D eigenvalue weighted by Crippen LogP contribution is -2.16. The van der Waals surface area contributed by atoms with Crippen LogP contribution in [0.25, 0.3) is 0 Å². The van der Waals surface area contributed by atoms with Gasteiger partial charge in [0.15, 0.2) is 0 Å². The van der Waals surface area contributed by atoms with Crippen molar-refractivity contribution in [2.75, 3.05) is 11.1 Å². The van der Waals surface area contributed by atoms with E-state index in [1.54, 1.807) is 23.1 Å². The van der Waals surface area contributed by atoms with Gasteiger partial charge in [0.2, 0.25) is 5.91 Å². The van der Waals surface area contributed by atoms with Gasteiger partial charge in [-0.05, 0) is 24.6 Å². The summed E-state index contributed by atoms with van der Waals surface area (Å²) < 4.78 is 2.49. The Kier molecular flexibility index (Phi) is 4.16. The number of nitrogens with two attached hydrogens (primary N) is 1. The molecular formula is C12H14BrN5O. The lowest BCUT2D eigenvalue weighted by atomic mass is 10.1. The smallest absolute Gasteiger partial charge is 0.226 e. The molecule has 1 heterocycles. The van der Waals surface area contributed by atoms with Crippen molar-refractivity contribution in [2.24, 2.45) is 0 Å². The first-order chi connectivity index (χ1) is 9.06. The van der Waals surface area contributed by atoms with Crippen LogP contribution in [0, 0.1) is 6.92 Å². The van der Waals surface area contributed by atoms with Gasteiger partial charge in [-0.25, -0.2) is 0 Å². The van der Waals surface area contributed by atoms with Crippen LogP contribution in [0.2, 0.25) is 0 Å². The van der Waals surface area contributed by atoms with Crippen molar-refractivity contribution in [2.45, 2.75) is 19.9 Å². The summed E-state index contributed by atoms with van der Waals surface area (Å²) in [6.07, 6.45) is 3.60. The highest BCUT2D eigenvalue weighted by Gasteiger charge is 2.08. The number of nitrogens with zero attached hydrogens (tertiary/aromatic N) is 3. The Hall–Kier alpha value is -1.89. The monoisotopic (exact) mass is 323 g/mol. The summed E-state index contributed by atoms with van der Waals surface area (Å²) >= 11 is 3.38. The van der Waals surface area contributed by atoms with E-state index in [2.05, 4.69) is 31.6 Å². The van der Waals surface area contributed by atoms with Crippen LogP contribution in [0.5, 0.6) is 0 Å². The van der Waals surface area contributed by atoms with Crippen molar-refractivity contribution < 1.29 is 4.79 Å². The van der Waals surface area contributed by atoms with Crippen LogP contribution in [0.3, 0.4) is 0 Å². The van der Waals surface area contributed by atoms with Crippen molar-refractivity contribution in [1.82, 2.24) is 15.0 Å². The third-order valence-corrected chi connectivity index (χ3v) is 3.12. The molecule has 0 radical (unpaired) electrons. The average Bonchev–Trinajstić information content (AvgIpc) is 2.86. The van der Waals surface area contributed by atoms with Crippen molar-refractivity contribution in [3.63, 3.8) is 0 Å². The van der Waals surface area contributed by atoms with Crippen LogP contribution < -0.4 is 11.1 Å². The number of aromatic nitrogens is 3. The minimum atomic E-state index is -0.111. The molecule has 1 aromatic carbocycles. The summed E-state index contributed by atoms with van der Waals surface area (Å²) in [5.74, 6) is -0.111. The van der Waals surface area contributed by atoms with E-state index in [9.17, 15) is 4.79 Å². The van der Waals surface area contributed by atoms with E-state index >= 15 is 0 Å². The fourth-order valence-electron chi connectivity index (χ4n) is 1.64. The van der Waals surface area contributed by atoms with Crippen molar-refractivity contribution in [1.29, 1.82) is 0 Å². The highest BCUT2D eigenvalue weighted by molar-refractivity contribution is 9.10. The third kappa shape index (κ3) is 3.54. The molecule has 0 atom stereocenters. The number of anilines is 2. The largest absolute Gasteiger partial charge is 0.397 e. The van der Waals surface area contributed by atoms with Gasteiger partial charge in [-0.15, -0.1) is 5.10 Å². The van der Waals surface area contributed by atoms with E-state index in [0.29, 0.717) is 24.3 Å². The van der Waals surface area contributed by atoms with Gasteiger partial charge in [0.25, 0.3) is 0 Å². The van der Waals surface area contributed by atoms with Crippen LogP contribution in [0.15, 0.2) is 29.0 Å². The topological polar surface area (TPSA) is 85.8 Å². The van der Waals surface area contributed by atoms with Crippen LogP contribution in [-0.4, -0.2) is 20.9 Å². The highest BCUT2D eigenvalue weighted by atomic mass is 79.9. The first-order valence-electron chi connectivity index (χ1n) is 5.76. The maximum atomic E-state index is 11.8. The maximum absolute atomic E-state index is 11.8. The molecular weight excluding hydrogens is 310 g/mol. The third-order valence-electron chi connectivity index (χ3n) is 2.67. The number of carbonyl (C=O) groups excluding carboxylic acids is 1. The maximum Gasteiger partial charge on any atom is 0.226 e. The van der Waals surface area contributed by atoms with Gasteiger partial charge in [-0.2, -0.15) is 0 Å². The van der Waals surface area contributed by atoms with Crippen LogP contribution in [-0.2, 0) is 11.3 Å². The Bertz CT molecular complexity index is 582. The number of hydrogen-bond donors (Lipinski definition) is 2. The molecule has 7 heteroatoms. The Morgan fingerprint density at radius 2 is 2.32 bits per heavy atom. The molecule has 0 aliphatic rings. The molecule has 3 N–H and O–H groups in total. The highest BCUT2D eigenvalue weighted by Crippen LogP contribution is 2.27. The molecule has 2 aromatic rings.